The van der Waals surface area contributed by atoms with Gasteiger partial charge in [-0.3, -0.25) is 4.90 Å². The number of para-hydroxylation sites is 1. The van der Waals surface area contributed by atoms with E-state index in [1.54, 1.807) is 7.11 Å². The van der Waals surface area contributed by atoms with E-state index in [9.17, 15) is 0 Å². The molecule has 182 valence electrons. The Labute approximate surface area is 207 Å². The molecule has 0 unspecified atom stereocenters. The minimum atomic E-state index is 0.883. The highest BCUT2D eigenvalue weighted by Gasteiger charge is 2.24. The Morgan fingerprint density at radius 3 is 2.49 bits per heavy atom. The van der Waals surface area contributed by atoms with Crippen molar-refractivity contribution in [2.24, 2.45) is 0 Å². The normalized spacial score (nSPS) is 14.5. The zero-order valence-corrected chi connectivity index (χ0v) is 20.9. The fourth-order valence-corrected chi connectivity index (χ4v) is 4.78. The number of benzene rings is 2. The maximum Gasteiger partial charge on any atom is 0.168 e. The molecule has 7 heteroatoms. The van der Waals surface area contributed by atoms with Gasteiger partial charge >= 0.3 is 0 Å². The summed E-state index contributed by atoms with van der Waals surface area (Å²) >= 11 is 0. The Balaban J connectivity index is 1.43. The summed E-state index contributed by atoms with van der Waals surface area (Å²) in [5, 5.41) is 5.95. The van der Waals surface area contributed by atoms with Crippen molar-refractivity contribution in [3.63, 3.8) is 0 Å². The van der Waals surface area contributed by atoms with Gasteiger partial charge in [0.05, 0.1) is 23.9 Å². The lowest BCUT2D eigenvalue weighted by Gasteiger charge is -2.35. The molecule has 5 rings (SSSR count). The molecule has 1 fully saturated rings. The van der Waals surface area contributed by atoms with Gasteiger partial charge in [0.15, 0.2) is 5.65 Å². The lowest BCUT2D eigenvalue weighted by atomic mass is 10.1. The number of nitrogens with zero attached hydrogens (tertiary/aromatic N) is 6. The second kappa shape index (κ2) is 10.4. The minimum absolute atomic E-state index is 0.883. The monoisotopic (exact) mass is 470 g/mol. The summed E-state index contributed by atoms with van der Waals surface area (Å²) in [6.07, 6.45) is 3.09. The Morgan fingerprint density at radius 2 is 1.74 bits per heavy atom. The molecule has 0 amide bonds. The molecule has 1 aliphatic heterocycles. The van der Waals surface area contributed by atoms with Gasteiger partial charge in [0.1, 0.15) is 17.4 Å². The Morgan fingerprint density at radius 1 is 0.943 bits per heavy atom. The van der Waals surface area contributed by atoms with E-state index in [2.05, 4.69) is 54.0 Å². The first kappa shape index (κ1) is 23.3. The number of ether oxygens (including phenoxy) is 1. The number of methoxy groups -OCH3 is 1. The number of anilines is 1. The van der Waals surface area contributed by atoms with Gasteiger partial charge < -0.3 is 9.64 Å². The first-order valence-electron chi connectivity index (χ1n) is 12.6. The van der Waals surface area contributed by atoms with Crippen LogP contribution in [0.4, 0.5) is 5.82 Å². The molecule has 0 atom stereocenters. The molecular weight excluding hydrogens is 436 g/mol. The van der Waals surface area contributed by atoms with Crippen LogP contribution in [0.1, 0.15) is 36.8 Å². The molecule has 35 heavy (non-hydrogen) atoms. The van der Waals surface area contributed by atoms with Gasteiger partial charge in [-0.1, -0.05) is 43.7 Å². The van der Waals surface area contributed by atoms with E-state index in [1.165, 1.54) is 5.56 Å². The fourth-order valence-electron chi connectivity index (χ4n) is 4.78. The second-order valence-electron chi connectivity index (χ2n) is 9.21. The summed E-state index contributed by atoms with van der Waals surface area (Å²) in [6, 6.07) is 18.6. The first-order valence-corrected chi connectivity index (χ1v) is 12.6. The van der Waals surface area contributed by atoms with Crippen molar-refractivity contribution in [2.45, 2.75) is 39.7 Å². The highest BCUT2D eigenvalue weighted by atomic mass is 16.5. The van der Waals surface area contributed by atoms with E-state index in [1.807, 2.05) is 28.9 Å². The number of unbranched alkanes of at least 4 members (excludes halogenated alkanes) is 1. The number of hydrogen-bond donors (Lipinski definition) is 0. The molecule has 3 heterocycles. The molecular formula is C28H34N6O. The topological polar surface area (TPSA) is 59.3 Å². The smallest absolute Gasteiger partial charge is 0.168 e. The van der Waals surface area contributed by atoms with Gasteiger partial charge in [0.25, 0.3) is 0 Å². The van der Waals surface area contributed by atoms with Gasteiger partial charge in [-0.05, 0) is 43.2 Å². The highest BCUT2D eigenvalue weighted by Crippen LogP contribution is 2.30. The molecule has 1 aliphatic rings. The molecule has 0 radical (unpaired) electrons. The first-order chi connectivity index (χ1) is 17.2. The van der Waals surface area contributed by atoms with Crippen LogP contribution in [0.25, 0.3) is 16.7 Å². The lowest BCUT2D eigenvalue weighted by molar-refractivity contribution is 0.249. The average molecular weight is 471 g/mol. The average Bonchev–Trinajstić information content (AvgIpc) is 3.24. The van der Waals surface area contributed by atoms with Crippen LogP contribution in [0.5, 0.6) is 5.75 Å². The van der Waals surface area contributed by atoms with Gasteiger partial charge in [-0.25, -0.2) is 14.6 Å². The number of piperazine rings is 1. The zero-order valence-electron chi connectivity index (χ0n) is 20.9. The SMILES string of the molecule is CCCCc1nc(N2CCN(Cc3cccc(OC)c3)CC2)c2c(C)nn(-c3ccccc3)c2n1. The van der Waals surface area contributed by atoms with Crippen molar-refractivity contribution in [1.82, 2.24) is 24.6 Å². The maximum atomic E-state index is 5.40. The lowest BCUT2D eigenvalue weighted by Crippen LogP contribution is -2.46. The molecule has 4 aromatic rings. The van der Waals surface area contributed by atoms with Crippen LogP contribution >= 0.6 is 0 Å². The van der Waals surface area contributed by atoms with E-state index in [0.29, 0.717) is 0 Å². The van der Waals surface area contributed by atoms with Crippen LogP contribution in [0.15, 0.2) is 54.6 Å². The Hall–Kier alpha value is -3.45. The van der Waals surface area contributed by atoms with Crippen molar-refractivity contribution < 1.29 is 4.74 Å². The Bertz CT molecular complexity index is 1280. The van der Waals surface area contributed by atoms with Crippen molar-refractivity contribution in [3.8, 4) is 11.4 Å². The van der Waals surface area contributed by atoms with Gasteiger partial charge in [-0.15, -0.1) is 0 Å². The molecule has 0 spiro atoms. The predicted octanol–water partition coefficient (Wildman–Crippen LogP) is 4.80. The number of aryl methyl sites for hydroxylation is 2. The third kappa shape index (κ3) is 5.00. The quantitative estimate of drug-likeness (QED) is 0.369. The molecule has 0 saturated carbocycles. The van der Waals surface area contributed by atoms with Crippen LogP contribution in [0, 0.1) is 6.92 Å². The summed E-state index contributed by atoms with van der Waals surface area (Å²) in [5.41, 5.74) is 4.19. The van der Waals surface area contributed by atoms with E-state index in [4.69, 9.17) is 19.8 Å². The van der Waals surface area contributed by atoms with E-state index < -0.39 is 0 Å². The molecule has 0 aliphatic carbocycles. The minimum Gasteiger partial charge on any atom is -0.497 e. The summed E-state index contributed by atoms with van der Waals surface area (Å²) in [5.74, 6) is 2.85. The molecule has 2 aromatic carbocycles. The van der Waals surface area contributed by atoms with Gasteiger partial charge in [0, 0.05) is 39.1 Å². The van der Waals surface area contributed by atoms with E-state index in [-0.39, 0.29) is 0 Å². The second-order valence-corrected chi connectivity index (χ2v) is 9.21. The fraction of sp³-hybridized carbons (Fsp3) is 0.393. The summed E-state index contributed by atoms with van der Waals surface area (Å²) in [4.78, 5) is 15.0. The van der Waals surface area contributed by atoms with Crippen molar-refractivity contribution in [3.05, 3.63) is 71.7 Å². The van der Waals surface area contributed by atoms with Crippen LogP contribution in [0.3, 0.4) is 0 Å². The maximum absolute atomic E-state index is 5.40. The summed E-state index contributed by atoms with van der Waals surface area (Å²) in [6.45, 7) is 9.03. The summed E-state index contributed by atoms with van der Waals surface area (Å²) < 4.78 is 7.37. The standard InChI is InChI=1S/C28H34N6O/c1-4-5-14-25-29-27(26-21(2)31-34(28(26)30-25)23-11-7-6-8-12-23)33-17-15-32(16-18-33)20-22-10-9-13-24(19-22)35-3/h6-13,19H,4-5,14-18,20H2,1-3H3. The number of aromatic nitrogens is 4. The third-order valence-corrected chi connectivity index (χ3v) is 6.70. The van der Waals surface area contributed by atoms with E-state index in [0.717, 1.165) is 91.8 Å². The zero-order chi connectivity index (χ0) is 24.2. The number of fused-ring (bicyclic) bond motifs is 1. The van der Waals surface area contributed by atoms with Crippen LogP contribution in [0.2, 0.25) is 0 Å². The number of hydrogen-bond acceptors (Lipinski definition) is 6. The summed E-state index contributed by atoms with van der Waals surface area (Å²) in [7, 11) is 1.72. The highest BCUT2D eigenvalue weighted by molar-refractivity contribution is 5.91. The van der Waals surface area contributed by atoms with E-state index >= 15 is 0 Å². The molecule has 0 N–H and O–H groups in total. The van der Waals surface area contributed by atoms with Crippen molar-refractivity contribution in [2.75, 3.05) is 38.2 Å². The van der Waals surface area contributed by atoms with Crippen molar-refractivity contribution >= 4 is 16.9 Å². The van der Waals surface area contributed by atoms with Gasteiger partial charge in [0.2, 0.25) is 0 Å². The predicted molar refractivity (Wildman–Crippen MR) is 140 cm³/mol. The molecule has 7 nitrogen and oxygen atoms in total. The largest absolute Gasteiger partial charge is 0.497 e. The molecule has 0 bridgehead atoms. The Kier molecular flexibility index (Phi) is 6.95. The van der Waals surface area contributed by atoms with Gasteiger partial charge in [-0.2, -0.15) is 5.10 Å². The molecule has 2 aromatic heterocycles. The number of rotatable bonds is 8. The van der Waals surface area contributed by atoms with Crippen LogP contribution < -0.4 is 9.64 Å². The van der Waals surface area contributed by atoms with Crippen LogP contribution in [-0.4, -0.2) is 57.9 Å². The molecule has 1 saturated heterocycles. The van der Waals surface area contributed by atoms with Crippen molar-refractivity contribution in [1.29, 1.82) is 0 Å². The van der Waals surface area contributed by atoms with Crippen LogP contribution in [-0.2, 0) is 13.0 Å². The third-order valence-electron chi connectivity index (χ3n) is 6.70.